The molecule has 3 N–H and O–H groups in total. The van der Waals surface area contributed by atoms with Crippen molar-refractivity contribution in [3.8, 4) is 11.8 Å². The second-order valence-electron chi connectivity index (χ2n) is 1.80. The molecule has 1 heterocycles. The molecule has 0 aromatic carbocycles. The van der Waals surface area contributed by atoms with E-state index < -0.39 is 0 Å². The molecule has 4 nitrogen and oxygen atoms in total. The number of nitrogens with zero attached hydrogens (tertiary/aromatic N) is 2. The Bertz CT molecular complexity index is 283. The molecule has 56 valence electrons. The highest BCUT2D eigenvalue weighted by atomic mass is 16.2. The van der Waals surface area contributed by atoms with Gasteiger partial charge in [0.2, 0.25) is 0 Å². The first-order valence-electron chi connectivity index (χ1n) is 3.02. The summed E-state index contributed by atoms with van der Waals surface area (Å²) < 4.78 is 0. The number of aromatic nitrogens is 2. The normalized spacial score (nSPS) is 8.45. The molecule has 0 bridgehead atoms. The average molecular weight is 149 g/mol. The second kappa shape index (κ2) is 3.54. The van der Waals surface area contributed by atoms with Crippen molar-refractivity contribution in [2.75, 3.05) is 12.3 Å². The summed E-state index contributed by atoms with van der Waals surface area (Å²) >= 11 is 0. The molecule has 0 fully saturated rings. The Morgan fingerprint density at radius 2 is 2.27 bits per heavy atom. The number of nitrogens with two attached hydrogens (primary N) is 1. The molecule has 0 aliphatic rings. The van der Waals surface area contributed by atoms with Gasteiger partial charge >= 0.3 is 0 Å². The smallest absolute Gasteiger partial charge is 0.146 e. The van der Waals surface area contributed by atoms with Crippen LogP contribution in [0.25, 0.3) is 0 Å². The van der Waals surface area contributed by atoms with Gasteiger partial charge in [0.05, 0.1) is 0 Å². The quantitative estimate of drug-likeness (QED) is 0.483. The van der Waals surface area contributed by atoms with Gasteiger partial charge in [0.1, 0.15) is 18.1 Å². The van der Waals surface area contributed by atoms with Crippen LogP contribution in [0.15, 0.2) is 12.1 Å². The van der Waals surface area contributed by atoms with Gasteiger partial charge in [-0.3, -0.25) is 0 Å². The van der Waals surface area contributed by atoms with Crippen LogP contribution in [0.5, 0.6) is 0 Å². The van der Waals surface area contributed by atoms with Crippen molar-refractivity contribution in [3.63, 3.8) is 0 Å². The van der Waals surface area contributed by atoms with Crippen LogP contribution >= 0.6 is 0 Å². The lowest BCUT2D eigenvalue weighted by Gasteiger charge is -1.88. The van der Waals surface area contributed by atoms with Gasteiger partial charge in [-0.1, -0.05) is 5.92 Å². The molecule has 0 amide bonds. The first-order valence-corrected chi connectivity index (χ1v) is 3.02. The minimum atomic E-state index is -0.175. The largest absolute Gasteiger partial charge is 0.384 e. The second-order valence-corrected chi connectivity index (χ2v) is 1.80. The Morgan fingerprint density at radius 1 is 1.45 bits per heavy atom. The van der Waals surface area contributed by atoms with Crippen LogP contribution in [-0.4, -0.2) is 21.9 Å². The van der Waals surface area contributed by atoms with Crippen molar-refractivity contribution in [1.82, 2.24) is 10.2 Å². The highest BCUT2D eigenvalue weighted by molar-refractivity contribution is 5.32. The Labute approximate surface area is 64.1 Å². The predicted octanol–water partition coefficient (Wildman–Crippen LogP) is -0.597. The van der Waals surface area contributed by atoms with E-state index in [0.29, 0.717) is 11.5 Å². The molecule has 1 aromatic rings. The number of nitrogen functional groups attached to an aromatic ring is 1. The summed E-state index contributed by atoms with van der Waals surface area (Å²) in [7, 11) is 0. The molecule has 0 unspecified atom stereocenters. The van der Waals surface area contributed by atoms with E-state index >= 15 is 0 Å². The van der Waals surface area contributed by atoms with Crippen molar-refractivity contribution in [1.29, 1.82) is 0 Å². The third-order valence-electron chi connectivity index (χ3n) is 0.981. The lowest BCUT2D eigenvalue weighted by Crippen LogP contribution is -1.93. The van der Waals surface area contributed by atoms with Gasteiger partial charge in [0.15, 0.2) is 0 Å². The fourth-order valence-electron chi connectivity index (χ4n) is 0.539. The van der Waals surface area contributed by atoms with Gasteiger partial charge in [0.25, 0.3) is 0 Å². The van der Waals surface area contributed by atoms with E-state index in [1.165, 1.54) is 0 Å². The van der Waals surface area contributed by atoms with Crippen LogP contribution in [0, 0.1) is 11.8 Å². The van der Waals surface area contributed by atoms with Crippen LogP contribution in [0.4, 0.5) is 5.82 Å². The molecule has 0 saturated heterocycles. The fourth-order valence-corrected chi connectivity index (χ4v) is 0.539. The Morgan fingerprint density at radius 3 is 2.82 bits per heavy atom. The zero-order valence-electron chi connectivity index (χ0n) is 5.78. The van der Waals surface area contributed by atoms with Gasteiger partial charge < -0.3 is 10.8 Å². The van der Waals surface area contributed by atoms with Crippen molar-refractivity contribution in [2.45, 2.75) is 0 Å². The summed E-state index contributed by atoms with van der Waals surface area (Å²) in [5.41, 5.74) is 5.79. The van der Waals surface area contributed by atoms with Crippen LogP contribution < -0.4 is 5.73 Å². The molecule has 4 heteroatoms. The van der Waals surface area contributed by atoms with Crippen molar-refractivity contribution < 1.29 is 5.11 Å². The van der Waals surface area contributed by atoms with Crippen LogP contribution in [-0.2, 0) is 0 Å². The average Bonchev–Trinajstić information content (AvgIpc) is 2.04. The summed E-state index contributed by atoms with van der Waals surface area (Å²) in [4.78, 5) is 0. The first-order chi connectivity index (χ1) is 5.33. The molecule has 11 heavy (non-hydrogen) atoms. The number of hydrogen-bond acceptors (Lipinski definition) is 4. The minimum absolute atomic E-state index is 0.175. The molecule has 0 saturated carbocycles. The number of aliphatic hydroxyl groups is 1. The molecular formula is C7H7N3O. The standard InChI is InChI=1S/C7H7N3O/c8-7-4-3-6(9-10-7)2-1-5-11/h3-4,11H,5H2,(H2,8,10). The van der Waals surface area contributed by atoms with E-state index in [-0.39, 0.29) is 6.61 Å². The zero-order chi connectivity index (χ0) is 8.10. The number of hydrogen-bond donors (Lipinski definition) is 2. The summed E-state index contributed by atoms with van der Waals surface area (Å²) in [5, 5.41) is 15.6. The molecule has 0 radical (unpaired) electrons. The van der Waals surface area contributed by atoms with Crippen molar-refractivity contribution >= 4 is 5.82 Å². The minimum Gasteiger partial charge on any atom is -0.384 e. The predicted molar refractivity (Wildman–Crippen MR) is 40.4 cm³/mol. The zero-order valence-corrected chi connectivity index (χ0v) is 5.78. The monoisotopic (exact) mass is 149 g/mol. The highest BCUT2D eigenvalue weighted by Gasteiger charge is 1.87. The van der Waals surface area contributed by atoms with Crippen LogP contribution in [0.1, 0.15) is 5.69 Å². The van der Waals surface area contributed by atoms with E-state index in [1.807, 2.05) is 0 Å². The van der Waals surface area contributed by atoms with Gasteiger partial charge in [-0.15, -0.1) is 10.2 Å². The Kier molecular flexibility index (Phi) is 2.42. The van der Waals surface area contributed by atoms with E-state index in [0.717, 1.165) is 0 Å². The van der Waals surface area contributed by atoms with Gasteiger partial charge in [-0.25, -0.2) is 0 Å². The summed E-state index contributed by atoms with van der Waals surface area (Å²) in [6.45, 7) is -0.175. The fraction of sp³-hybridized carbons (Fsp3) is 0.143. The van der Waals surface area contributed by atoms with Gasteiger partial charge in [-0.05, 0) is 18.1 Å². The maximum absolute atomic E-state index is 8.34. The maximum Gasteiger partial charge on any atom is 0.146 e. The number of aliphatic hydroxyl groups excluding tert-OH is 1. The SMILES string of the molecule is Nc1ccc(C#CCO)nn1. The third-order valence-corrected chi connectivity index (χ3v) is 0.981. The van der Waals surface area contributed by atoms with Gasteiger partial charge in [0, 0.05) is 0 Å². The summed E-state index contributed by atoms with van der Waals surface area (Å²) in [6, 6.07) is 3.25. The third kappa shape index (κ3) is 2.24. The molecule has 0 atom stereocenters. The highest BCUT2D eigenvalue weighted by Crippen LogP contribution is 1.93. The molecule has 0 spiro atoms. The van der Waals surface area contributed by atoms with Gasteiger partial charge in [-0.2, -0.15) is 0 Å². The van der Waals surface area contributed by atoms with E-state index in [2.05, 4.69) is 22.0 Å². The number of anilines is 1. The maximum atomic E-state index is 8.34. The summed E-state index contributed by atoms with van der Waals surface area (Å²) in [6.07, 6.45) is 0. The van der Waals surface area contributed by atoms with Crippen LogP contribution in [0.2, 0.25) is 0 Å². The molecule has 0 aliphatic heterocycles. The van der Waals surface area contributed by atoms with E-state index in [1.54, 1.807) is 12.1 Å². The molecule has 1 rings (SSSR count). The van der Waals surface area contributed by atoms with E-state index in [4.69, 9.17) is 10.8 Å². The molecule has 0 aliphatic carbocycles. The summed E-state index contributed by atoms with van der Waals surface area (Å²) in [5.74, 6) is 5.40. The lowest BCUT2D eigenvalue weighted by atomic mass is 10.4. The van der Waals surface area contributed by atoms with Crippen molar-refractivity contribution in [2.24, 2.45) is 0 Å². The lowest BCUT2D eigenvalue weighted by molar-refractivity contribution is 0.350. The molecule has 1 aromatic heterocycles. The Hall–Kier alpha value is -1.60. The molecular weight excluding hydrogens is 142 g/mol. The Balaban J connectivity index is 2.82. The van der Waals surface area contributed by atoms with E-state index in [9.17, 15) is 0 Å². The number of rotatable bonds is 0. The first kappa shape index (κ1) is 7.51. The van der Waals surface area contributed by atoms with Crippen molar-refractivity contribution in [3.05, 3.63) is 17.8 Å². The van der Waals surface area contributed by atoms with Crippen LogP contribution in [0.3, 0.4) is 0 Å². The topological polar surface area (TPSA) is 72.0 Å².